The second kappa shape index (κ2) is 8.40. The quantitative estimate of drug-likeness (QED) is 0.858. The highest BCUT2D eigenvalue weighted by Crippen LogP contribution is 2.32. The van der Waals surface area contributed by atoms with Gasteiger partial charge in [-0.3, -0.25) is 4.79 Å². The summed E-state index contributed by atoms with van der Waals surface area (Å²) < 4.78 is 16.0. The first kappa shape index (κ1) is 19.1. The van der Waals surface area contributed by atoms with Crippen molar-refractivity contribution in [3.05, 3.63) is 53.6 Å². The van der Waals surface area contributed by atoms with Gasteiger partial charge in [0.25, 0.3) is 5.91 Å². The van der Waals surface area contributed by atoms with Gasteiger partial charge in [-0.15, -0.1) is 0 Å². The van der Waals surface area contributed by atoms with Crippen LogP contribution in [0, 0.1) is 0 Å². The molecule has 2 heterocycles. The van der Waals surface area contributed by atoms with Gasteiger partial charge in [-0.1, -0.05) is 18.2 Å². The van der Waals surface area contributed by atoms with Gasteiger partial charge in [0.15, 0.2) is 11.5 Å². The predicted octanol–water partition coefficient (Wildman–Crippen LogP) is 2.55. The number of ether oxygens (including phenoxy) is 3. The molecule has 1 fully saturated rings. The summed E-state index contributed by atoms with van der Waals surface area (Å²) in [6, 6.07) is 12.3. The summed E-state index contributed by atoms with van der Waals surface area (Å²) in [5.74, 6) is 1.27. The topological polar surface area (TPSA) is 80.3 Å². The van der Waals surface area contributed by atoms with Gasteiger partial charge in [0.05, 0.1) is 24.5 Å². The Morgan fingerprint density at radius 1 is 1.07 bits per heavy atom. The van der Waals surface area contributed by atoms with Gasteiger partial charge in [0.1, 0.15) is 0 Å². The zero-order valence-electron chi connectivity index (χ0n) is 16.2. The molecule has 8 nitrogen and oxygen atoms in total. The Morgan fingerprint density at radius 2 is 1.83 bits per heavy atom. The number of morpholine rings is 1. The first-order chi connectivity index (χ1) is 14.1. The molecular formula is C21H23N3O5. The van der Waals surface area contributed by atoms with Crippen LogP contribution in [0.15, 0.2) is 42.5 Å². The van der Waals surface area contributed by atoms with Gasteiger partial charge in [-0.25, -0.2) is 4.79 Å². The Morgan fingerprint density at radius 3 is 2.66 bits per heavy atom. The van der Waals surface area contributed by atoms with Crippen LogP contribution in [0.3, 0.4) is 0 Å². The van der Waals surface area contributed by atoms with Crippen LogP contribution in [0.2, 0.25) is 0 Å². The molecule has 2 aliphatic rings. The van der Waals surface area contributed by atoms with E-state index in [-0.39, 0.29) is 18.7 Å². The minimum absolute atomic E-state index is 0.109. The molecule has 152 valence electrons. The maximum atomic E-state index is 12.9. The molecule has 8 heteroatoms. The number of para-hydroxylation sites is 1. The molecule has 2 aromatic rings. The normalized spacial score (nSPS) is 15.1. The predicted molar refractivity (Wildman–Crippen MR) is 106 cm³/mol. The largest absolute Gasteiger partial charge is 0.454 e. The number of amides is 3. The van der Waals surface area contributed by atoms with Crippen LogP contribution in [-0.2, 0) is 11.3 Å². The van der Waals surface area contributed by atoms with Gasteiger partial charge < -0.3 is 29.3 Å². The first-order valence-corrected chi connectivity index (χ1v) is 9.48. The lowest BCUT2D eigenvalue weighted by Gasteiger charge is -2.28. The summed E-state index contributed by atoms with van der Waals surface area (Å²) in [6.45, 7) is 2.75. The minimum Gasteiger partial charge on any atom is -0.454 e. The summed E-state index contributed by atoms with van der Waals surface area (Å²) in [5.41, 5.74) is 1.88. The van der Waals surface area contributed by atoms with Crippen molar-refractivity contribution in [2.75, 3.05) is 45.5 Å². The van der Waals surface area contributed by atoms with Crippen molar-refractivity contribution in [2.45, 2.75) is 6.54 Å². The number of carbonyl (C=O) groups excluding carboxylic acids is 2. The molecule has 0 radical (unpaired) electrons. The SMILES string of the molecule is CN(Cc1ccc2c(c1)OCO2)C(=O)Nc1ccccc1C(=O)N1CCOCC1. The van der Waals surface area contributed by atoms with E-state index < -0.39 is 0 Å². The van der Waals surface area contributed by atoms with Crippen LogP contribution < -0.4 is 14.8 Å². The summed E-state index contributed by atoms with van der Waals surface area (Å²) >= 11 is 0. The molecule has 29 heavy (non-hydrogen) atoms. The number of rotatable bonds is 4. The highest BCUT2D eigenvalue weighted by molar-refractivity contribution is 6.03. The first-order valence-electron chi connectivity index (χ1n) is 9.48. The number of anilines is 1. The van der Waals surface area contributed by atoms with Crippen molar-refractivity contribution >= 4 is 17.6 Å². The molecule has 0 atom stereocenters. The Kier molecular flexibility index (Phi) is 5.53. The second-order valence-electron chi connectivity index (χ2n) is 6.92. The van der Waals surface area contributed by atoms with Crippen molar-refractivity contribution in [2.24, 2.45) is 0 Å². The second-order valence-corrected chi connectivity index (χ2v) is 6.92. The zero-order valence-corrected chi connectivity index (χ0v) is 16.2. The maximum absolute atomic E-state index is 12.9. The number of fused-ring (bicyclic) bond motifs is 1. The van der Waals surface area contributed by atoms with Crippen LogP contribution in [0.25, 0.3) is 0 Å². The number of hydrogen-bond acceptors (Lipinski definition) is 5. The van der Waals surface area contributed by atoms with Crippen molar-refractivity contribution in [1.29, 1.82) is 0 Å². The van der Waals surface area contributed by atoms with Gasteiger partial charge in [-0.2, -0.15) is 0 Å². The molecule has 0 aromatic heterocycles. The number of urea groups is 1. The highest BCUT2D eigenvalue weighted by atomic mass is 16.7. The molecule has 4 rings (SSSR count). The smallest absolute Gasteiger partial charge is 0.321 e. The van der Waals surface area contributed by atoms with Crippen LogP contribution >= 0.6 is 0 Å². The summed E-state index contributed by atoms with van der Waals surface area (Å²) in [6.07, 6.45) is 0. The van der Waals surface area contributed by atoms with Gasteiger partial charge in [-0.05, 0) is 29.8 Å². The fraction of sp³-hybridized carbons (Fsp3) is 0.333. The average Bonchev–Trinajstić information content (AvgIpc) is 3.22. The van der Waals surface area contributed by atoms with Gasteiger partial charge in [0, 0.05) is 26.7 Å². The Labute approximate surface area is 168 Å². The molecule has 3 amide bonds. The van der Waals surface area contributed by atoms with Gasteiger partial charge >= 0.3 is 6.03 Å². The summed E-state index contributed by atoms with van der Waals surface area (Å²) in [7, 11) is 1.70. The average molecular weight is 397 g/mol. The van der Waals surface area contributed by atoms with Crippen molar-refractivity contribution < 1.29 is 23.8 Å². The van der Waals surface area contributed by atoms with Crippen molar-refractivity contribution in [1.82, 2.24) is 9.80 Å². The molecule has 0 aliphatic carbocycles. The van der Waals surface area contributed by atoms with Crippen LogP contribution in [-0.4, -0.2) is 61.9 Å². The lowest BCUT2D eigenvalue weighted by Crippen LogP contribution is -2.41. The lowest BCUT2D eigenvalue weighted by molar-refractivity contribution is 0.0303. The van der Waals surface area contributed by atoms with E-state index in [4.69, 9.17) is 14.2 Å². The van der Waals surface area contributed by atoms with E-state index in [1.165, 1.54) is 0 Å². The highest BCUT2D eigenvalue weighted by Gasteiger charge is 2.22. The Hall–Kier alpha value is -3.26. The van der Waals surface area contributed by atoms with E-state index in [2.05, 4.69) is 5.32 Å². The molecular weight excluding hydrogens is 374 g/mol. The molecule has 2 aromatic carbocycles. The lowest BCUT2D eigenvalue weighted by atomic mass is 10.1. The molecule has 2 aliphatic heterocycles. The van der Waals surface area contributed by atoms with Gasteiger partial charge in [0.2, 0.25) is 6.79 Å². The number of hydrogen-bond donors (Lipinski definition) is 1. The third-order valence-corrected chi connectivity index (χ3v) is 4.90. The number of nitrogens with one attached hydrogen (secondary N) is 1. The molecule has 0 saturated carbocycles. The van der Waals surface area contributed by atoms with E-state index in [1.807, 2.05) is 18.2 Å². The van der Waals surface area contributed by atoms with Crippen LogP contribution in [0.5, 0.6) is 11.5 Å². The van der Waals surface area contributed by atoms with E-state index in [0.717, 1.165) is 5.56 Å². The van der Waals surface area contributed by atoms with Crippen LogP contribution in [0.1, 0.15) is 15.9 Å². The maximum Gasteiger partial charge on any atom is 0.321 e. The fourth-order valence-electron chi connectivity index (χ4n) is 3.31. The molecule has 1 N–H and O–H groups in total. The van der Waals surface area contributed by atoms with E-state index in [9.17, 15) is 9.59 Å². The summed E-state index contributed by atoms with van der Waals surface area (Å²) in [4.78, 5) is 28.9. The third kappa shape index (κ3) is 4.27. The minimum atomic E-state index is -0.301. The fourth-order valence-corrected chi connectivity index (χ4v) is 3.31. The third-order valence-electron chi connectivity index (χ3n) is 4.90. The molecule has 1 saturated heterocycles. The molecule has 0 unspecified atom stereocenters. The zero-order chi connectivity index (χ0) is 20.2. The molecule has 0 spiro atoms. The number of nitrogens with zero attached hydrogens (tertiary/aromatic N) is 2. The summed E-state index contributed by atoms with van der Waals surface area (Å²) in [5, 5.41) is 2.86. The Balaban J connectivity index is 1.43. The number of benzene rings is 2. The number of carbonyl (C=O) groups is 2. The van der Waals surface area contributed by atoms with E-state index in [1.54, 1.807) is 41.1 Å². The standard InChI is InChI=1S/C21H23N3O5/c1-23(13-15-6-7-18-19(12-15)29-14-28-18)21(26)22-17-5-3-2-4-16(17)20(25)24-8-10-27-11-9-24/h2-7,12H,8-11,13-14H2,1H3,(H,22,26). The van der Waals surface area contributed by atoms with E-state index >= 15 is 0 Å². The van der Waals surface area contributed by atoms with Crippen molar-refractivity contribution in [3.63, 3.8) is 0 Å². The van der Waals surface area contributed by atoms with Crippen LogP contribution in [0.4, 0.5) is 10.5 Å². The monoisotopic (exact) mass is 397 g/mol. The molecule has 0 bridgehead atoms. The Bertz CT molecular complexity index is 911. The van der Waals surface area contributed by atoms with E-state index in [0.29, 0.717) is 55.6 Å². The van der Waals surface area contributed by atoms with Crippen molar-refractivity contribution in [3.8, 4) is 11.5 Å².